The molecule has 0 radical (unpaired) electrons. The molecule has 0 aliphatic carbocycles. The zero-order chi connectivity index (χ0) is 18.7. The number of hydrogen-bond acceptors (Lipinski definition) is 4. The highest BCUT2D eigenvalue weighted by atomic mass is 35.5. The summed E-state index contributed by atoms with van der Waals surface area (Å²) < 4.78 is 10.5. The van der Waals surface area contributed by atoms with Gasteiger partial charge >= 0.3 is 0 Å². The standard InChI is InChI=1S/C19H19ClN2O4/c1-12(13-3-6-15(20)7-4-13)22(2)18(23)10-21-19(24)14-5-8-16-17(9-14)26-11-25-16/h3-9,12H,10-11H2,1-2H3,(H,21,24). The summed E-state index contributed by atoms with van der Waals surface area (Å²) in [6.07, 6.45) is 0. The first-order valence-electron chi connectivity index (χ1n) is 8.14. The lowest BCUT2D eigenvalue weighted by Crippen LogP contribution is -2.39. The first-order valence-corrected chi connectivity index (χ1v) is 8.52. The Labute approximate surface area is 156 Å². The van der Waals surface area contributed by atoms with Gasteiger partial charge < -0.3 is 19.7 Å². The summed E-state index contributed by atoms with van der Waals surface area (Å²) >= 11 is 5.89. The van der Waals surface area contributed by atoms with E-state index in [1.165, 1.54) is 0 Å². The van der Waals surface area contributed by atoms with Crippen molar-refractivity contribution in [2.75, 3.05) is 20.4 Å². The first-order chi connectivity index (χ1) is 12.5. The molecule has 0 saturated carbocycles. The summed E-state index contributed by atoms with van der Waals surface area (Å²) in [5.74, 6) is 0.595. The summed E-state index contributed by atoms with van der Waals surface area (Å²) in [4.78, 5) is 26.2. The molecule has 1 unspecified atom stereocenters. The first kappa shape index (κ1) is 18.1. The second kappa shape index (κ2) is 7.66. The molecule has 26 heavy (non-hydrogen) atoms. The Hall–Kier alpha value is -2.73. The quantitative estimate of drug-likeness (QED) is 0.873. The van der Waals surface area contributed by atoms with E-state index in [-0.39, 0.29) is 31.2 Å². The summed E-state index contributed by atoms with van der Waals surface area (Å²) in [7, 11) is 1.70. The Morgan fingerprint density at radius 3 is 2.58 bits per heavy atom. The van der Waals surface area contributed by atoms with Gasteiger partial charge in [0, 0.05) is 17.6 Å². The Balaban J connectivity index is 1.57. The minimum Gasteiger partial charge on any atom is -0.454 e. The van der Waals surface area contributed by atoms with Crippen LogP contribution in [0.3, 0.4) is 0 Å². The molecule has 2 aromatic carbocycles. The van der Waals surface area contributed by atoms with Gasteiger partial charge in [-0.2, -0.15) is 0 Å². The summed E-state index contributed by atoms with van der Waals surface area (Å²) in [6.45, 7) is 1.97. The molecule has 2 aromatic rings. The number of nitrogens with one attached hydrogen (secondary N) is 1. The van der Waals surface area contributed by atoms with E-state index in [0.717, 1.165) is 5.56 Å². The van der Waals surface area contributed by atoms with Gasteiger partial charge in [0.05, 0.1) is 12.6 Å². The molecule has 0 bridgehead atoms. The van der Waals surface area contributed by atoms with E-state index in [4.69, 9.17) is 21.1 Å². The van der Waals surface area contributed by atoms with E-state index in [1.807, 2.05) is 19.1 Å². The van der Waals surface area contributed by atoms with Crippen LogP contribution >= 0.6 is 11.6 Å². The fourth-order valence-electron chi connectivity index (χ4n) is 2.60. The van der Waals surface area contributed by atoms with Crippen molar-refractivity contribution in [3.8, 4) is 11.5 Å². The molecule has 1 aliphatic heterocycles. The molecular weight excluding hydrogens is 356 g/mol. The number of fused-ring (bicyclic) bond motifs is 1. The zero-order valence-electron chi connectivity index (χ0n) is 14.5. The van der Waals surface area contributed by atoms with Gasteiger partial charge in [-0.25, -0.2) is 0 Å². The summed E-state index contributed by atoms with van der Waals surface area (Å²) in [5.41, 5.74) is 1.38. The predicted molar refractivity (Wildman–Crippen MR) is 97.5 cm³/mol. The number of ether oxygens (including phenoxy) is 2. The number of carbonyl (C=O) groups excluding carboxylic acids is 2. The number of benzene rings is 2. The maximum atomic E-state index is 12.4. The molecule has 7 heteroatoms. The van der Waals surface area contributed by atoms with Crippen molar-refractivity contribution in [3.05, 3.63) is 58.6 Å². The van der Waals surface area contributed by atoms with Gasteiger partial charge in [0.1, 0.15) is 0 Å². The SMILES string of the molecule is CC(c1ccc(Cl)cc1)N(C)C(=O)CNC(=O)c1ccc2c(c1)OCO2. The topological polar surface area (TPSA) is 67.9 Å². The molecule has 1 heterocycles. The van der Waals surface area contributed by atoms with Crippen LogP contribution < -0.4 is 14.8 Å². The van der Waals surface area contributed by atoms with E-state index in [2.05, 4.69) is 5.32 Å². The predicted octanol–water partition coefficient (Wildman–Crippen LogP) is 3.02. The molecule has 0 fully saturated rings. The third-order valence-corrected chi connectivity index (χ3v) is 4.61. The van der Waals surface area contributed by atoms with Gasteiger partial charge in [-0.1, -0.05) is 23.7 Å². The minimum atomic E-state index is -0.343. The molecule has 1 atom stereocenters. The number of carbonyl (C=O) groups is 2. The highest BCUT2D eigenvalue weighted by Crippen LogP contribution is 2.32. The van der Waals surface area contributed by atoms with Crippen molar-refractivity contribution in [2.24, 2.45) is 0 Å². The van der Waals surface area contributed by atoms with Crippen LogP contribution in [0, 0.1) is 0 Å². The Kier molecular flexibility index (Phi) is 5.32. The summed E-state index contributed by atoms with van der Waals surface area (Å²) in [6, 6.07) is 12.1. The average Bonchev–Trinajstić information content (AvgIpc) is 3.13. The zero-order valence-corrected chi connectivity index (χ0v) is 15.2. The number of nitrogens with zero attached hydrogens (tertiary/aromatic N) is 1. The van der Waals surface area contributed by atoms with E-state index in [0.29, 0.717) is 22.1 Å². The maximum Gasteiger partial charge on any atom is 0.251 e. The van der Waals surface area contributed by atoms with Gasteiger partial charge in [0.25, 0.3) is 5.91 Å². The molecule has 0 saturated heterocycles. The molecule has 2 amide bonds. The molecule has 3 rings (SSSR count). The van der Waals surface area contributed by atoms with Gasteiger partial charge in [0.2, 0.25) is 12.7 Å². The van der Waals surface area contributed by atoms with Gasteiger partial charge in [-0.05, 0) is 42.8 Å². The van der Waals surface area contributed by atoms with Crippen molar-refractivity contribution in [2.45, 2.75) is 13.0 Å². The second-order valence-corrected chi connectivity index (χ2v) is 6.42. The molecule has 1 N–H and O–H groups in total. The monoisotopic (exact) mass is 374 g/mol. The smallest absolute Gasteiger partial charge is 0.251 e. The highest BCUT2D eigenvalue weighted by Gasteiger charge is 2.20. The van der Waals surface area contributed by atoms with Crippen LogP contribution in [0.1, 0.15) is 28.9 Å². The van der Waals surface area contributed by atoms with Gasteiger partial charge in [-0.15, -0.1) is 0 Å². The van der Waals surface area contributed by atoms with Crippen LogP contribution in [0.4, 0.5) is 0 Å². The van der Waals surface area contributed by atoms with Gasteiger partial charge in [-0.3, -0.25) is 9.59 Å². The van der Waals surface area contributed by atoms with Gasteiger partial charge in [0.15, 0.2) is 11.5 Å². The molecule has 0 aromatic heterocycles. The van der Waals surface area contributed by atoms with Crippen LogP contribution in [0.15, 0.2) is 42.5 Å². The number of hydrogen-bond donors (Lipinski definition) is 1. The van der Waals surface area contributed by atoms with Crippen LogP contribution in [0.5, 0.6) is 11.5 Å². The fourth-order valence-corrected chi connectivity index (χ4v) is 2.73. The molecule has 1 aliphatic rings. The van der Waals surface area contributed by atoms with Crippen molar-refractivity contribution < 1.29 is 19.1 Å². The Bertz CT molecular complexity index is 823. The maximum absolute atomic E-state index is 12.4. The van der Waals surface area contributed by atoms with Crippen molar-refractivity contribution in [3.63, 3.8) is 0 Å². The van der Waals surface area contributed by atoms with Crippen molar-refractivity contribution in [1.29, 1.82) is 0 Å². The Morgan fingerprint density at radius 2 is 1.85 bits per heavy atom. The summed E-state index contributed by atoms with van der Waals surface area (Å²) in [5, 5.41) is 3.28. The Morgan fingerprint density at radius 1 is 1.15 bits per heavy atom. The van der Waals surface area contributed by atoms with E-state index in [9.17, 15) is 9.59 Å². The fraction of sp³-hybridized carbons (Fsp3) is 0.263. The van der Waals surface area contributed by atoms with E-state index >= 15 is 0 Å². The highest BCUT2D eigenvalue weighted by molar-refractivity contribution is 6.30. The minimum absolute atomic E-state index is 0.0955. The van der Waals surface area contributed by atoms with Crippen molar-refractivity contribution in [1.82, 2.24) is 10.2 Å². The van der Waals surface area contributed by atoms with Crippen molar-refractivity contribution >= 4 is 23.4 Å². The van der Waals surface area contributed by atoms with E-state index < -0.39 is 0 Å². The second-order valence-electron chi connectivity index (χ2n) is 5.98. The lowest BCUT2D eigenvalue weighted by Gasteiger charge is -2.25. The average molecular weight is 375 g/mol. The molecule has 6 nitrogen and oxygen atoms in total. The third-order valence-electron chi connectivity index (χ3n) is 4.36. The van der Waals surface area contributed by atoms with Crippen LogP contribution in [-0.2, 0) is 4.79 Å². The largest absolute Gasteiger partial charge is 0.454 e. The van der Waals surface area contributed by atoms with Crippen LogP contribution in [-0.4, -0.2) is 37.1 Å². The van der Waals surface area contributed by atoms with Crippen LogP contribution in [0.25, 0.3) is 0 Å². The molecular formula is C19H19ClN2O4. The molecule has 136 valence electrons. The molecule has 0 spiro atoms. The van der Waals surface area contributed by atoms with Crippen LogP contribution in [0.2, 0.25) is 5.02 Å². The normalized spacial score (nSPS) is 13.2. The lowest BCUT2D eigenvalue weighted by atomic mass is 10.1. The van der Waals surface area contributed by atoms with E-state index in [1.54, 1.807) is 42.3 Å². The number of halogens is 1. The number of amides is 2. The number of likely N-dealkylation sites (N-methyl/N-ethyl adjacent to an activating group) is 1. The third kappa shape index (κ3) is 3.91. The lowest BCUT2D eigenvalue weighted by molar-refractivity contribution is -0.130. The number of rotatable bonds is 5.